The third kappa shape index (κ3) is 0.997. The topological polar surface area (TPSA) is 0 Å². The number of hydrogen-bond donors (Lipinski definition) is 0. The zero-order valence-corrected chi connectivity index (χ0v) is 6.03. The lowest BCUT2D eigenvalue weighted by Crippen LogP contribution is -2.16. The summed E-state index contributed by atoms with van der Waals surface area (Å²) in [7, 11) is 0. The van der Waals surface area contributed by atoms with Crippen molar-refractivity contribution in [3.05, 3.63) is 5.92 Å². The van der Waals surface area contributed by atoms with Crippen LogP contribution in [0.15, 0.2) is 0 Å². The molecule has 2 aliphatic carbocycles. The quantitative estimate of drug-likeness (QED) is 0.503. The van der Waals surface area contributed by atoms with Crippen molar-refractivity contribution < 1.29 is 0 Å². The zero-order valence-electron chi connectivity index (χ0n) is 6.03. The first-order chi connectivity index (χ1) is 4.47. The van der Waals surface area contributed by atoms with Gasteiger partial charge in [0.1, 0.15) is 0 Å². The van der Waals surface area contributed by atoms with E-state index in [-0.39, 0.29) is 0 Å². The van der Waals surface area contributed by atoms with Gasteiger partial charge in [-0.1, -0.05) is 19.3 Å². The minimum absolute atomic E-state index is 1.08. The van der Waals surface area contributed by atoms with Crippen LogP contribution >= 0.6 is 0 Å². The molecule has 0 aliphatic heterocycles. The second-order valence-corrected chi connectivity index (χ2v) is 3.49. The first-order valence-electron chi connectivity index (χ1n) is 4.31. The summed E-state index contributed by atoms with van der Waals surface area (Å²) >= 11 is 0. The Morgan fingerprint density at radius 2 is 1.56 bits per heavy atom. The molecule has 1 radical (unpaired) electrons. The molecule has 0 atom stereocenters. The Kier molecular flexibility index (Phi) is 1.48. The molecule has 0 bridgehead atoms. The fraction of sp³-hybridized carbons (Fsp3) is 0.889. The normalized spacial score (nSPS) is 30.7. The summed E-state index contributed by atoms with van der Waals surface area (Å²) in [6.07, 6.45) is 10.5. The Bertz CT molecular complexity index is 86.2. The lowest BCUT2D eigenvalue weighted by Gasteiger charge is -2.30. The fourth-order valence-electron chi connectivity index (χ4n) is 2.12. The van der Waals surface area contributed by atoms with E-state index in [4.69, 9.17) is 0 Å². The standard InChI is InChI=1S/C9H15/c1-2-5-8(4-1)9-6-3-7-9/h8H,1-7H2. The van der Waals surface area contributed by atoms with Crippen molar-refractivity contribution in [3.8, 4) is 0 Å². The Labute approximate surface area is 57.6 Å². The van der Waals surface area contributed by atoms with Crippen molar-refractivity contribution in [1.82, 2.24) is 0 Å². The van der Waals surface area contributed by atoms with Crippen LogP contribution in [-0.2, 0) is 0 Å². The first-order valence-corrected chi connectivity index (χ1v) is 4.31. The predicted molar refractivity (Wildman–Crippen MR) is 39.1 cm³/mol. The first kappa shape index (κ1) is 5.76. The summed E-state index contributed by atoms with van der Waals surface area (Å²) in [4.78, 5) is 0. The van der Waals surface area contributed by atoms with Gasteiger partial charge in [0.15, 0.2) is 0 Å². The van der Waals surface area contributed by atoms with Crippen molar-refractivity contribution in [2.45, 2.75) is 44.9 Å². The van der Waals surface area contributed by atoms with Gasteiger partial charge in [-0.05, 0) is 37.5 Å². The highest BCUT2D eigenvalue weighted by Crippen LogP contribution is 2.43. The summed E-state index contributed by atoms with van der Waals surface area (Å²) in [5, 5.41) is 0. The maximum Gasteiger partial charge on any atom is -0.0210 e. The van der Waals surface area contributed by atoms with Crippen LogP contribution < -0.4 is 0 Å². The molecular formula is C9H15. The molecule has 9 heavy (non-hydrogen) atoms. The smallest absolute Gasteiger partial charge is 0.0210 e. The van der Waals surface area contributed by atoms with Gasteiger partial charge in [0, 0.05) is 0 Å². The molecule has 0 nitrogen and oxygen atoms in total. The molecule has 0 saturated heterocycles. The Hall–Kier alpha value is 0. The van der Waals surface area contributed by atoms with Gasteiger partial charge in [-0.2, -0.15) is 0 Å². The average Bonchev–Trinajstić information content (AvgIpc) is 2.11. The highest BCUT2D eigenvalue weighted by atomic mass is 14.3. The summed E-state index contributed by atoms with van der Waals surface area (Å²) < 4.78 is 0. The van der Waals surface area contributed by atoms with Crippen molar-refractivity contribution in [3.63, 3.8) is 0 Å². The van der Waals surface area contributed by atoms with Crippen LogP contribution in [0.1, 0.15) is 44.9 Å². The number of rotatable bonds is 1. The van der Waals surface area contributed by atoms with Crippen molar-refractivity contribution in [2.24, 2.45) is 5.92 Å². The average molecular weight is 123 g/mol. The van der Waals surface area contributed by atoms with E-state index in [2.05, 4.69) is 0 Å². The van der Waals surface area contributed by atoms with E-state index >= 15 is 0 Å². The van der Waals surface area contributed by atoms with E-state index in [1.807, 2.05) is 5.92 Å². The van der Waals surface area contributed by atoms with Crippen molar-refractivity contribution >= 4 is 0 Å². The van der Waals surface area contributed by atoms with Crippen LogP contribution in [-0.4, -0.2) is 0 Å². The van der Waals surface area contributed by atoms with E-state index in [1.54, 1.807) is 0 Å². The van der Waals surface area contributed by atoms with Crippen LogP contribution in [0, 0.1) is 11.8 Å². The summed E-state index contributed by atoms with van der Waals surface area (Å²) in [6, 6.07) is 0. The lowest BCUT2D eigenvalue weighted by molar-refractivity contribution is 0.403. The summed E-state index contributed by atoms with van der Waals surface area (Å²) in [5.74, 6) is 2.99. The summed E-state index contributed by atoms with van der Waals surface area (Å²) in [6.45, 7) is 0. The third-order valence-electron chi connectivity index (χ3n) is 2.93. The molecule has 2 saturated carbocycles. The molecule has 0 heterocycles. The SMILES string of the molecule is C1C[C](C2CCCC2)C1. The second-order valence-electron chi connectivity index (χ2n) is 3.49. The molecule has 0 amide bonds. The maximum atomic E-state index is 1.91. The minimum atomic E-state index is 1.08. The molecule has 0 aromatic carbocycles. The Balaban J connectivity index is 1.82. The van der Waals surface area contributed by atoms with Crippen LogP contribution in [0.25, 0.3) is 0 Å². The van der Waals surface area contributed by atoms with Gasteiger partial charge in [-0.25, -0.2) is 0 Å². The van der Waals surface area contributed by atoms with E-state index in [0.29, 0.717) is 0 Å². The predicted octanol–water partition coefficient (Wildman–Crippen LogP) is 2.93. The third-order valence-corrected chi connectivity index (χ3v) is 2.93. The van der Waals surface area contributed by atoms with Crippen molar-refractivity contribution in [1.29, 1.82) is 0 Å². The Morgan fingerprint density at radius 1 is 0.889 bits per heavy atom. The van der Waals surface area contributed by atoms with Crippen LogP contribution in [0.2, 0.25) is 0 Å². The highest BCUT2D eigenvalue weighted by Gasteiger charge is 2.29. The molecule has 0 spiro atoms. The van der Waals surface area contributed by atoms with Gasteiger partial charge < -0.3 is 0 Å². The van der Waals surface area contributed by atoms with Crippen LogP contribution in [0.3, 0.4) is 0 Å². The van der Waals surface area contributed by atoms with Crippen LogP contribution in [0.5, 0.6) is 0 Å². The van der Waals surface area contributed by atoms with E-state index in [1.165, 1.54) is 44.9 Å². The van der Waals surface area contributed by atoms with Crippen molar-refractivity contribution in [2.75, 3.05) is 0 Å². The van der Waals surface area contributed by atoms with Gasteiger partial charge in [-0.3, -0.25) is 0 Å². The van der Waals surface area contributed by atoms with Crippen LogP contribution in [0.4, 0.5) is 0 Å². The largest absolute Gasteiger partial charge is 0.0530 e. The fourth-order valence-corrected chi connectivity index (χ4v) is 2.12. The molecule has 51 valence electrons. The molecule has 0 aromatic rings. The zero-order chi connectivity index (χ0) is 6.10. The molecule has 0 unspecified atom stereocenters. The highest BCUT2D eigenvalue weighted by molar-refractivity contribution is 5.04. The minimum Gasteiger partial charge on any atom is -0.0530 e. The van der Waals surface area contributed by atoms with E-state index in [0.717, 1.165) is 5.92 Å². The lowest BCUT2D eigenvalue weighted by atomic mass is 9.75. The van der Waals surface area contributed by atoms with E-state index < -0.39 is 0 Å². The molecule has 0 aromatic heterocycles. The Morgan fingerprint density at radius 3 is 2.00 bits per heavy atom. The van der Waals surface area contributed by atoms with Gasteiger partial charge in [0.05, 0.1) is 0 Å². The molecule has 2 fully saturated rings. The van der Waals surface area contributed by atoms with Gasteiger partial charge in [0.2, 0.25) is 0 Å². The van der Waals surface area contributed by atoms with E-state index in [9.17, 15) is 0 Å². The number of hydrogen-bond acceptors (Lipinski definition) is 0. The van der Waals surface area contributed by atoms with Gasteiger partial charge in [-0.15, -0.1) is 0 Å². The molecular weight excluding hydrogens is 108 g/mol. The molecule has 2 aliphatic rings. The maximum absolute atomic E-state index is 1.91. The molecule has 0 N–H and O–H groups in total. The monoisotopic (exact) mass is 123 g/mol. The summed E-state index contributed by atoms with van der Waals surface area (Å²) in [5.41, 5.74) is 0. The molecule has 0 heteroatoms. The van der Waals surface area contributed by atoms with Gasteiger partial charge in [0.25, 0.3) is 0 Å². The molecule has 2 rings (SSSR count). The van der Waals surface area contributed by atoms with Gasteiger partial charge >= 0.3 is 0 Å². The second kappa shape index (κ2) is 2.32.